The number of ether oxygens (including phenoxy) is 2. The standard InChI is InChI=1S/C17H23N3O5.CH2O2/c1-24-15-3-2-11(10-18-15)16(22)19-13-8-12(9-14(13)21)17(23)20-4-6-25-7-5-20;2-1-3/h2-3,10,12-14,21H,4-9H2,1H3,(H,19,22);1H,(H,2,3)/t12-,13+,14+;/m0./s1. The summed E-state index contributed by atoms with van der Waals surface area (Å²) in [7, 11) is 1.50. The normalized spacial score (nSPS) is 23.9. The van der Waals surface area contributed by atoms with Crippen molar-refractivity contribution in [2.45, 2.75) is 25.0 Å². The van der Waals surface area contributed by atoms with Crippen LogP contribution in [-0.2, 0) is 14.3 Å². The number of aliphatic hydroxyl groups is 1. The Kier molecular flexibility index (Phi) is 8.15. The quantitative estimate of drug-likeness (QED) is 0.581. The molecule has 3 atom stereocenters. The SMILES string of the molecule is COc1ccc(C(=O)N[C@@H]2C[C@H](C(=O)N3CCOCC3)C[C@H]2O)cn1.O=CO. The number of carbonyl (C=O) groups is 3. The number of pyridine rings is 1. The Morgan fingerprint density at radius 1 is 1.32 bits per heavy atom. The molecule has 1 aliphatic heterocycles. The van der Waals surface area contributed by atoms with Gasteiger partial charge >= 0.3 is 0 Å². The van der Waals surface area contributed by atoms with E-state index in [1.54, 1.807) is 17.0 Å². The molecule has 1 aromatic rings. The summed E-state index contributed by atoms with van der Waals surface area (Å²) in [6.07, 6.45) is 1.49. The summed E-state index contributed by atoms with van der Waals surface area (Å²) < 4.78 is 10.2. The number of nitrogens with one attached hydrogen (secondary N) is 1. The van der Waals surface area contributed by atoms with E-state index in [0.29, 0.717) is 50.6 Å². The van der Waals surface area contributed by atoms with Crippen molar-refractivity contribution in [3.63, 3.8) is 0 Å². The molecule has 0 unspecified atom stereocenters. The van der Waals surface area contributed by atoms with E-state index in [1.165, 1.54) is 13.3 Å². The maximum Gasteiger partial charge on any atom is 0.290 e. The van der Waals surface area contributed by atoms with Gasteiger partial charge in [0.25, 0.3) is 12.4 Å². The van der Waals surface area contributed by atoms with Crippen molar-refractivity contribution >= 4 is 18.3 Å². The van der Waals surface area contributed by atoms with Crippen LogP contribution in [0.2, 0.25) is 0 Å². The molecule has 1 saturated heterocycles. The zero-order chi connectivity index (χ0) is 20.5. The van der Waals surface area contributed by atoms with E-state index in [-0.39, 0.29) is 24.2 Å². The molecular formula is C18H25N3O7. The molecule has 1 saturated carbocycles. The fourth-order valence-electron chi connectivity index (χ4n) is 3.30. The average molecular weight is 395 g/mol. The van der Waals surface area contributed by atoms with Gasteiger partial charge in [-0.2, -0.15) is 0 Å². The van der Waals surface area contributed by atoms with Gasteiger partial charge in [-0.25, -0.2) is 4.98 Å². The van der Waals surface area contributed by atoms with Crippen molar-refractivity contribution < 1.29 is 34.1 Å². The van der Waals surface area contributed by atoms with Gasteiger partial charge in [0, 0.05) is 31.3 Å². The molecule has 2 amide bonds. The molecule has 10 nitrogen and oxygen atoms in total. The minimum absolute atomic E-state index is 0.0326. The van der Waals surface area contributed by atoms with Crippen molar-refractivity contribution in [2.75, 3.05) is 33.4 Å². The van der Waals surface area contributed by atoms with E-state index in [1.807, 2.05) is 0 Å². The van der Waals surface area contributed by atoms with Gasteiger partial charge in [-0.1, -0.05) is 0 Å². The number of rotatable bonds is 4. The van der Waals surface area contributed by atoms with E-state index < -0.39 is 12.1 Å². The number of aliphatic hydroxyl groups excluding tert-OH is 1. The van der Waals surface area contributed by atoms with E-state index in [4.69, 9.17) is 19.4 Å². The van der Waals surface area contributed by atoms with Crippen LogP contribution in [0.5, 0.6) is 5.88 Å². The molecule has 1 aromatic heterocycles. The highest BCUT2D eigenvalue weighted by molar-refractivity contribution is 5.94. The number of amides is 2. The lowest BCUT2D eigenvalue weighted by Gasteiger charge is -2.29. The molecule has 3 N–H and O–H groups in total. The molecule has 154 valence electrons. The van der Waals surface area contributed by atoms with Crippen molar-refractivity contribution in [1.29, 1.82) is 0 Å². The first kappa shape index (κ1) is 21.6. The Balaban J connectivity index is 0.000000878. The first-order valence-electron chi connectivity index (χ1n) is 8.93. The zero-order valence-corrected chi connectivity index (χ0v) is 15.6. The van der Waals surface area contributed by atoms with Crippen LogP contribution in [0, 0.1) is 5.92 Å². The average Bonchev–Trinajstić information content (AvgIpc) is 3.09. The van der Waals surface area contributed by atoms with Crippen molar-refractivity contribution in [2.24, 2.45) is 5.92 Å². The highest BCUT2D eigenvalue weighted by Crippen LogP contribution is 2.28. The third-order valence-electron chi connectivity index (χ3n) is 4.73. The molecule has 0 spiro atoms. The van der Waals surface area contributed by atoms with Gasteiger partial charge in [0.05, 0.1) is 38.0 Å². The summed E-state index contributed by atoms with van der Waals surface area (Å²) in [5.74, 6) is -0.134. The Bertz CT molecular complexity index is 662. The lowest BCUT2D eigenvalue weighted by atomic mass is 10.1. The van der Waals surface area contributed by atoms with Crippen LogP contribution < -0.4 is 10.1 Å². The number of carbonyl (C=O) groups excluding carboxylic acids is 2. The Morgan fingerprint density at radius 2 is 2.00 bits per heavy atom. The predicted octanol–water partition coefficient (Wildman–Crippen LogP) is -0.481. The van der Waals surface area contributed by atoms with E-state index in [0.717, 1.165) is 0 Å². The molecule has 0 aromatic carbocycles. The lowest BCUT2D eigenvalue weighted by molar-refractivity contribution is -0.139. The number of methoxy groups -OCH3 is 1. The van der Waals surface area contributed by atoms with Crippen molar-refractivity contribution in [3.05, 3.63) is 23.9 Å². The number of nitrogens with zero attached hydrogens (tertiary/aromatic N) is 2. The first-order valence-corrected chi connectivity index (χ1v) is 8.93. The van der Waals surface area contributed by atoms with Gasteiger partial charge < -0.3 is 29.9 Å². The summed E-state index contributed by atoms with van der Waals surface area (Å²) >= 11 is 0. The van der Waals surface area contributed by atoms with Crippen LogP contribution in [0.15, 0.2) is 18.3 Å². The van der Waals surface area contributed by atoms with Gasteiger partial charge in [-0.15, -0.1) is 0 Å². The second kappa shape index (κ2) is 10.6. The predicted molar refractivity (Wildman–Crippen MR) is 96.9 cm³/mol. The smallest absolute Gasteiger partial charge is 0.290 e. The van der Waals surface area contributed by atoms with Gasteiger partial charge in [-0.05, 0) is 18.9 Å². The van der Waals surface area contributed by atoms with Crippen LogP contribution in [0.4, 0.5) is 0 Å². The van der Waals surface area contributed by atoms with E-state index >= 15 is 0 Å². The largest absolute Gasteiger partial charge is 0.483 e. The van der Waals surface area contributed by atoms with Crippen LogP contribution in [0.1, 0.15) is 23.2 Å². The van der Waals surface area contributed by atoms with Crippen LogP contribution >= 0.6 is 0 Å². The van der Waals surface area contributed by atoms with E-state index in [2.05, 4.69) is 10.3 Å². The fourth-order valence-corrected chi connectivity index (χ4v) is 3.30. The van der Waals surface area contributed by atoms with Gasteiger partial charge in [0.1, 0.15) is 0 Å². The lowest BCUT2D eigenvalue weighted by Crippen LogP contribution is -2.43. The molecule has 28 heavy (non-hydrogen) atoms. The van der Waals surface area contributed by atoms with Gasteiger partial charge in [0.2, 0.25) is 11.8 Å². The monoisotopic (exact) mass is 395 g/mol. The molecule has 0 bridgehead atoms. The number of aromatic nitrogens is 1. The minimum atomic E-state index is -0.731. The molecule has 2 fully saturated rings. The first-order chi connectivity index (χ1) is 13.5. The second-order valence-corrected chi connectivity index (χ2v) is 6.45. The molecule has 2 heterocycles. The van der Waals surface area contributed by atoms with Crippen molar-refractivity contribution in [3.8, 4) is 5.88 Å². The topological polar surface area (TPSA) is 138 Å². The maximum absolute atomic E-state index is 12.5. The molecule has 2 aliphatic rings. The van der Waals surface area contributed by atoms with Crippen LogP contribution in [0.3, 0.4) is 0 Å². The third-order valence-corrected chi connectivity index (χ3v) is 4.73. The number of hydrogen-bond donors (Lipinski definition) is 3. The second-order valence-electron chi connectivity index (χ2n) is 6.45. The highest BCUT2D eigenvalue weighted by Gasteiger charge is 2.39. The van der Waals surface area contributed by atoms with Gasteiger partial charge in [0.15, 0.2) is 0 Å². The molecular weight excluding hydrogens is 370 g/mol. The van der Waals surface area contributed by atoms with Gasteiger partial charge in [-0.3, -0.25) is 14.4 Å². The summed E-state index contributed by atoms with van der Waals surface area (Å²) in [5.41, 5.74) is 0.385. The van der Waals surface area contributed by atoms with Crippen LogP contribution in [0.25, 0.3) is 0 Å². The Labute approximate surface area is 162 Å². The summed E-state index contributed by atoms with van der Waals surface area (Å²) in [5, 5.41) is 19.9. The maximum atomic E-state index is 12.5. The number of carboxylic acid groups (broad SMARTS) is 1. The fraction of sp³-hybridized carbons (Fsp3) is 0.556. The summed E-state index contributed by atoms with van der Waals surface area (Å²) in [6, 6.07) is 2.77. The molecule has 1 aliphatic carbocycles. The molecule has 3 rings (SSSR count). The number of morpholine rings is 1. The molecule has 0 radical (unpaired) electrons. The van der Waals surface area contributed by atoms with Crippen LogP contribution in [-0.4, -0.2) is 83.9 Å². The zero-order valence-electron chi connectivity index (χ0n) is 15.6. The van der Waals surface area contributed by atoms with Crippen molar-refractivity contribution in [1.82, 2.24) is 15.2 Å². The van der Waals surface area contributed by atoms with E-state index in [9.17, 15) is 14.7 Å². The molecule has 10 heteroatoms. The number of hydrogen-bond acceptors (Lipinski definition) is 7. The minimum Gasteiger partial charge on any atom is -0.483 e. The Hall–Kier alpha value is -2.72. The highest BCUT2D eigenvalue weighted by atomic mass is 16.5. The Morgan fingerprint density at radius 3 is 2.57 bits per heavy atom. The summed E-state index contributed by atoms with van der Waals surface area (Å²) in [4.78, 5) is 39.0. The summed E-state index contributed by atoms with van der Waals surface area (Å²) in [6.45, 7) is 2.01. The third kappa shape index (κ3) is 5.64.